The molecule has 31 heavy (non-hydrogen) atoms. The molecule has 1 aromatic heterocycles. The number of carbonyl (C=O) groups is 1. The van der Waals surface area contributed by atoms with E-state index in [1.807, 2.05) is 54.9 Å². The van der Waals surface area contributed by atoms with Crippen molar-refractivity contribution in [2.75, 3.05) is 32.8 Å². The maximum absolute atomic E-state index is 12.7. The first-order chi connectivity index (χ1) is 15.1. The molecule has 0 spiro atoms. The zero-order valence-corrected chi connectivity index (χ0v) is 18.8. The van der Waals surface area contributed by atoms with E-state index in [4.69, 9.17) is 4.74 Å². The lowest BCUT2D eigenvalue weighted by Gasteiger charge is -2.48. The van der Waals surface area contributed by atoms with Crippen LogP contribution in [0.1, 0.15) is 49.1 Å². The number of aryl methyl sites for hydroxylation is 1. The van der Waals surface area contributed by atoms with Crippen LogP contribution in [-0.4, -0.2) is 59.0 Å². The van der Waals surface area contributed by atoms with Crippen LogP contribution < -0.4 is 5.32 Å². The van der Waals surface area contributed by atoms with Gasteiger partial charge in [-0.1, -0.05) is 24.6 Å². The maximum Gasteiger partial charge on any atom is 0.244 e. The fraction of sp³-hybridized carbons (Fsp3) is 0.520. The van der Waals surface area contributed by atoms with Gasteiger partial charge in [0.25, 0.3) is 0 Å². The number of ether oxygens (including phenoxy) is 1. The fourth-order valence-corrected chi connectivity index (χ4v) is 4.91. The van der Waals surface area contributed by atoms with Crippen LogP contribution in [0.4, 0.5) is 0 Å². The Balaban J connectivity index is 1.43. The predicted octanol–water partition coefficient (Wildman–Crippen LogP) is 3.65. The van der Waals surface area contributed by atoms with Crippen LogP contribution in [0.3, 0.4) is 0 Å². The predicted molar refractivity (Wildman–Crippen MR) is 123 cm³/mol. The van der Waals surface area contributed by atoms with Crippen LogP contribution in [-0.2, 0) is 9.53 Å². The van der Waals surface area contributed by atoms with Crippen molar-refractivity contribution in [2.45, 2.75) is 51.5 Å². The molecule has 0 radical (unpaired) electrons. The molecule has 6 nitrogen and oxygen atoms in total. The Bertz CT molecular complexity index is 907. The molecule has 6 heteroatoms. The van der Waals surface area contributed by atoms with E-state index in [1.54, 1.807) is 6.08 Å². The zero-order valence-electron chi connectivity index (χ0n) is 18.8. The van der Waals surface area contributed by atoms with E-state index in [9.17, 15) is 4.79 Å². The van der Waals surface area contributed by atoms with Gasteiger partial charge in [-0.25, -0.2) is 4.68 Å². The van der Waals surface area contributed by atoms with Gasteiger partial charge in [-0.2, -0.15) is 5.10 Å². The lowest BCUT2D eigenvalue weighted by molar-refractivity contribution is -0.118. The second-order valence-corrected chi connectivity index (χ2v) is 8.77. The summed E-state index contributed by atoms with van der Waals surface area (Å²) < 4.78 is 7.56. The summed E-state index contributed by atoms with van der Waals surface area (Å²) in [5.74, 6) is -0.0471. The minimum absolute atomic E-state index is 0.0339. The van der Waals surface area contributed by atoms with E-state index in [1.165, 1.54) is 19.3 Å². The van der Waals surface area contributed by atoms with Gasteiger partial charge >= 0.3 is 0 Å². The SMILES string of the molecule is Cc1nn(-c2ccccc2)c(C)c1C=CC(=O)NCC1(N2CCCCC2)CCOCC1. The normalized spacial score (nSPS) is 19.5. The van der Waals surface area contributed by atoms with Gasteiger partial charge in [0.2, 0.25) is 5.91 Å². The number of nitrogens with one attached hydrogen (secondary N) is 1. The Kier molecular flexibility index (Phi) is 6.88. The maximum atomic E-state index is 12.7. The van der Waals surface area contributed by atoms with Gasteiger partial charge in [0.15, 0.2) is 0 Å². The summed E-state index contributed by atoms with van der Waals surface area (Å²) in [6.07, 6.45) is 9.33. The first-order valence-corrected chi connectivity index (χ1v) is 11.5. The van der Waals surface area contributed by atoms with Crippen LogP contribution in [0, 0.1) is 13.8 Å². The molecule has 2 aromatic rings. The van der Waals surface area contributed by atoms with Crippen molar-refractivity contribution < 1.29 is 9.53 Å². The highest BCUT2D eigenvalue weighted by molar-refractivity contribution is 5.92. The first kappa shape index (κ1) is 21.8. The first-order valence-electron chi connectivity index (χ1n) is 11.5. The molecule has 2 saturated heterocycles. The van der Waals surface area contributed by atoms with Gasteiger partial charge in [0.05, 0.1) is 11.4 Å². The van der Waals surface area contributed by atoms with E-state index >= 15 is 0 Å². The molecule has 2 fully saturated rings. The number of amides is 1. The minimum atomic E-state index is -0.0471. The van der Waals surface area contributed by atoms with Crippen molar-refractivity contribution >= 4 is 12.0 Å². The molecule has 166 valence electrons. The average molecular weight is 423 g/mol. The van der Waals surface area contributed by atoms with Gasteiger partial charge in [-0.3, -0.25) is 9.69 Å². The average Bonchev–Trinajstić information content (AvgIpc) is 3.11. The largest absolute Gasteiger partial charge is 0.381 e. The summed E-state index contributed by atoms with van der Waals surface area (Å²) in [6, 6.07) is 10.1. The Morgan fingerprint density at radius 2 is 1.84 bits per heavy atom. The van der Waals surface area contributed by atoms with Crippen molar-refractivity contribution in [1.82, 2.24) is 20.0 Å². The molecule has 0 unspecified atom stereocenters. The molecule has 1 N–H and O–H groups in total. The van der Waals surface area contributed by atoms with Crippen LogP contribution in [0.5, 0.6) is 0 Å². The summed E-state index contributed by atoms with van der Waals surface area (Å²) in [4.78, 5) is 15.3. The summed E-state index contributed by atoms with van der Waals surface area (Å²) >= 11 is 0. The van der Waals surface area contributed by atoms with Gasteiger partial charge in [-0.05, 0) is 70.8 Å². The molecule has 1 aromatic carbocycles. The third-order valence-electron chi connectivity index (χ3n) is 6.79. The van der Waals surface area contributed by atoms with E-state index in [-0.39, 0.29) is 11.4 Å². The number of carbonyl (C=O) groups excluding carboxylic acids is 1. The standard InChI is InChI=1S/C25H34N4O2/c1-20-23(21(2)29(27-20)22-9-5-3-6-10-22)11-12-24(30)26-19-25(13-17-31-18-14-25)28-15-7-4-8-16-28/h3,5-6,9-12H,4,7-8,13-19H2,1-2H3,(H,26,30). The number of para-hydroxylation sites is 1. The Labute approximate surface area is 185 Å². The second-order valence-electron chi connectivity index (χ2n) is 8.77. The van der Waals surface area contributed by atoms with Crippen molar-refractivity contribution in [1.29, 1.82) is 0 Å². The molecule has 0 bridgehead atoms. The highest BCUT2D eigenvalue weighted by Crippen LogP contribution is 2.30. The topological polar surface area (TPSA) is 59.4 Å². The lowest BCUT2D eigenvalue weighted by Crippen LogP contribution is -2.59. The van der Waals surface area contributed by atoms with E-state index < -0.39 is 0 Å². The third kappa shape index (κ3) is 4.91. The number of piperidine rings is 1. The number of rotatable bonds is 6. The summed E-state index contributed by atoms with van der Waals surface area (Å²) in [5.41, 5.74) is 4.00. The molecule has 2 aliphatic rings. The van der Waals surface area contributed by atoms with Gasteiger partial charge < -0.3 is 10.1 Å². The van der Waals surface area contributed by atoms with Gasteiger partial charge in [0.1, 0.15) is 0 Å². The van der Waals surface area contributed by atoms with Gasteiger partial charge in [-0.15, -0.1) is 0 Å². The number of aromatic nitrogens is 2. The number of hydrogen-bond acceptors (Lipinski definition) is 4. The molecule has 2 aliphatic heterocycles. The van der Waals surface area contributed by atoms with Crippen LogP contribution >= 0.6 is 0 Å². The van der Waals surface area contributed by atoms with Gasteiger partial charge in [0, 0.05) is 42.6 Å². The molecule has 4 rings (SSSR count). The summed E-state index contributed by atoms with van der Waals surface area (Å²) in [5, 5.41) is 7.85. The lowest BCUT2D eigenvalue weighted by atomic mass is 9.86. The van der Waals surface area contributed by atoms with Crippen molar-refractivity contribution in [3.05, 3.63) is 53.4 Å². The van der Waals surface area contributed by atoms with Crippen LogP contribution in [0.2, 0.25) is 0 Å². The van der Waals surface area contributed by atoms with Crippen LogP contribution in [0.25, 0.3) is 11.8 Å². The molecule has 0 saturated carbocycles. The molecule has 0 atom stereocenters. The Hall–Kier alpha value is -2.44. The highest BCUT2D eigenvalue weighted by Gasteiger charge is 2.39. The monoisotopic (exact) mass is 422 g/mol. The quantitative estimate of drug-likeness (QED) is 0.722. The summed E-state index contributed by atoms with van der Waals surface area (Å²) in [7, 11) is 0. The fourth-order valence-electron chi connectivity index (χ4n) is 4.91. The molecular formula is C25H34N4O2. The molecule has 1 amide bonds. The Morgan fingerprint density at radius 3 is 2.55 bits per heavy atom. The van der Waals surface area contributed by atoms with Crippen LogP contribution in [0.15, 0.2) is 36.4 Å². The number of hydrogen-bond donors (Lipinski definition) is 1. The zero-order chi connectivity index (χ0) is 21.7. The van der Waals surface area contributed by atoms with E-state index in [0.29, 0.717) is 6.54 Å². The third-order valence-corrected chi connectivity index (χ3v) is 6.79. The Morgan fingerprint density at radius 1 is 1.13 bits per heavy atom. The molecular weight excluding hydrogens is 388 g/mol. The highest BCUT2D eigenvalue weighted by atomic mass is 16.5. The smallest absolute Gasteiger partial charge is 0.244 e. The van der Waals surface area contributed by atoms with E-state index in [0.717, 1.165) is 61.8 Å². The second kappa shape index (κ2) is 9.79. The number of likely N-dealkylation sites (tertiary alicyclic amines) is 1. The van der Waals surface area contributed by atoms with Crippen molar-refractivity contribution in [3.63, 3.8) is 0 Å². The number of nitrogens with zero attached hydrogens (tertiary/aromatic N) is 3. The molecule has 3 heterocycles. The minimum Gasteiger partial charge on any atom is -0.381 e. The van der Waals surface area contributed by atoms with Crippen molar-refractivity contribution in [2.24, 2.45) is 0 Å². The van der Waals surface area contributed by atoms with E-state index in [2.05, 4.69) is 15.3 Å². The molecule has 0 aliphatic carbocycles. The summed E-state index contributed by atoms with van der Waals surface area (Å²) in [6.45, 7) is 8.51. The van der Waals surface area contributed by atoms with Crippen molar-refractivity contribution in [3.8, 4) is 5.69 Å². The number of benzene rings is 1.